The predicted octanol–water partition coefficient (Wildman–Crippen LogP) is 1.82. The van der Waals surface area contributed by atoms with E-state index in [1.807, 2.05) is 6.07 Å². The summed E-state index contributed by atoms with van der Waals surface area (Å²) < 4.78 is 5.69. The van der Waals surface area contributed by atoms with Crippen molar-refractivity contribution >= 4 is 0 Å². The Morgan fingerprint density at radius 2 is 2.11 bits per heavy atom. The molecule has 0 saturated heterocycles. The third-order valence-corrected chi connectivity index (χ3v) is 2.66. The number of hydrogen-bond acceptors (Lipinski definition) is 4. The second-order valence-electron chi connectivity index (χ2n) is 4.76. The number of pyridine rings is 1. The standard InChI is InChI=1S/C14H25N3O/c1-4-6-13-9-12(11-15)10-14(16-13)18-8-5-7-17(2)3/h9-10H,4-8,11,15H2,1-3H3. The SMILES string of the molecule is CCCc1cc(CN)cc(OCCCN(C)C)n1. The van der Waals surface area contributed by atoms with Crippen molar-refractivity contribution in [3.8, 4) is 5.88 Å². The molecule has 0 aromatic carbocycles. The Kier molecular flexibility index (Phi) is 6.68. The summed E-state index contributed by atoms with van der Waals surface area (Å²) in [5.41, 5.74) is 7.85. The number of aryl methyl sites for hydroxylation is 1. The Hall–Kier alpha value is -1.13. The lowest BCUT2D eigenvalue weighted by Crippen LogP contribution is -2.16. The normalized spacial score (nSPS) is 10.9. The van der Waals surface area contributed by atoms with Gasteiger partial charge in [0.05, 0.1) is 6.61 Å². The summed E-state index contributed by atoms with van der Waals surface area (Å²) in [6.07, 6.45) is 3.06. The van der Waals surface area contributed by atoms with Crippen LogP contribution in [-0.4, -0.2) is 37.1 Å². The van der Waals surface area contributed by atoms with Crippen LogP contribution in [0.25, 0.3) is 0 Å². The molecule has 0 amide bonds. The molecule has 0 aliphatic carbocycles. The molecule has 1 aromatic heterocycles. The minimum atomic E-state index is 0.535. The number of ether oxygens (including phenoxy) is 1. The van der Waals surface area contributed by atoms with Gasteiger partial charge in [-0.1, -0.05) is 13.3 Å². The van der Waals surface area contributed by atoms with Crippen LogP contribution in [0.5, 0.6) is 5.88 Å². The van der Waals surface area contributed by atoms with E-state index in [9.17, 15) is 0 Å². The van der Waals surface area contributed by atoms with Crippen LogP contribution >= 0.6 is 0 Å². The monoisotopic (exact) mass is 251 g/mol. The zero-order chi connectivity index (χ0) is 13.4. The fraction of sp³-hybridized carbons (Fsp3) is 0.643. The summed E-state index contributed by atoms with van der Waals surface area (Å²) >= 11 is 0. The van der Waals surface area contributed by atoms with E-state index < -0.39 is 0 Å². The maximum Gasteiger partial charge on any atom is 0.213 e. The molecule has 0 saturated carbocycles. The first-order valence-corrected chi connectivity index (χ1v) is 6.63. The maximum atomic E-state index is 5.69. The van der Waals surface area contributed by atoms with E-state index in [0.29, 0.717) is 19.0 Å². The van der Waals surface area contributed by atoms with Gasteiger partial charge in [0.1, 0.15) is 0 Å². The van der Waals surface area contributed by atoms with Crippen LogP contribution in [0.4, 0.5) is 0 Å². The van der Waals surface area contributed by atoms with Gasteiger partial charge in [0, 0.05) is 24.8 Å². The Morgan fingerprint density at radius 1 is 1.33 bits per heavy atom. The first-order valence-electron chi connectivity index (χ1n) is 6.63. The highest BCUT2D eigenvalue weighted by Crippen LogP contribution is 2.14. The third-order valence-electron chi connectivity index (χ3n) is 2.66. The largest absolute Gasteiger partial charge is 0.478 e. The molecule has 4 nitrogen and oxygen atoms in total. The number of hydrogen-bond donors (Lipinski definition) is 1. The van der Waals surface area contributed by atoms with Crippen LogP contribution in [-0.2, 0) is 13.0 Å². The summed E-state index contributed by atoms with van der Waals surface area (Å²) in [5, 5.41) is 0. The predicted molar refractivity (Wildman–Crippen MR) is 74.8 cm³/mol. The molecule has 0 unspecified atom stereocenters. The van der Waals surface area contributed by atoms with Crippen molar-refractivity contribution in [3.63, 3.8) is 0 Å². The minimum absolute atomic E-state index is 0.535. The zero-order valence-corrected chi connectivity index (χ0v) is 11.8. The summed E-state index contributed by atoms with van der Waals surface area (Å²) in [6, 6.07) is 4.00. The number of nitrogens with zero attached hydrogens (tertiary/aromatic N) is 2. The van der Waals surface area contributed by atoms with Crippen molar-refractivity contribution in [1.82, 2.24) is 9.88 Å². The summed E-state index contributed by atoms with van der Waals surface area (Å²) in [6.45, 7) is 4.41. The minimum Gasteiger partial charge on any atom is -0.478 e. The van der Waals surface area contributed by atoms with Crippen LogP contribution in [0.3, 0.4) is 0 Å². The molecule has 1 heterocycles. The van der Waals surface area contributed by atoms with Gasteiger partial charge in [-0.25, -0.2) is 4.98 Å². The highest BCUT2D eigenvalue weighted by atomic mass is 16.5. The van der Waals surface area contributed by atoms with E-state index in [-0.39, 0.29) is 0 Å². The lowest BCUT2D eigenvalue weighted by atomic mass is 10.1. The van der Waals surface area contributed by atoms with Crippen molar-refractivity contribution in [2.24, 2.45) is 5.73 Å². The maximum absolute atomic E-state index is 5.69. The molecule has 0 bridgehead atoms. The first-order chi connectivity index (χ1) is 8.65. The fourth-order valence-electron chi connectivity index (χ4n) is 1.75. The molecular weight excluding hydrogens is 226 g/mol. The van der Waals surface area contributed by atoms with Crippen LogP contribution < -0.4 is 10.5 Å². The van der Waals surface area contributed by atoms with E-state index in [0.717, 1.165) is 37.1 Å². The third kappa shape index (κ3) is 5.47. The molecule has 1 rings (SSSR count). The number of nitrogens with two attached hydrogens (primary N) is 1. The molecular formula is C14H25N3O. The lowest BCUT2D eigenvalue weighted by molar-refractivity contribution is 0.272. The highest BCUT2D eigenvalue weighted by molar-refractivity contribution is 5.25. The van der Waals surface area contributed by atoms with Gasteiger partial charge in [0.15, 0.2) is 0 Å². The van der Waals surface area contributed by atoms with E-state index in [1.165, 1.54) is 0 Å². The van der Waals surface area contributed by atoms with Gasteiger partial charge < -0.3 is 15.4 Å². The number of aromatic nitrogens is 1. The Balaban J connectivity index is 2.55. The Labute approximate surface area is 110 Å². The van der Waals surface area contributed by atoms with Crippen LogP contribution in [0.1, 0.15) is 31.0 Å². The first kappa shape index (κ1) is 14.9. The van der Waals surface area contributed by atoms with Crippen molar-refractivity contribution in [3.05, 3.63) is 23.4 Å². The van der Waals surface area contributed by atoms with Crippen molar-refractivity contribution in [2.75, 3.05) is 27.2 Å². The highest BCUT2D eigenvalue weighted by Gasteiger charge is 2.03. The second kappa shape index (κ2) is 8.06. The van der Waals surface area contributed by atoms with Gasteiger partial charge in [-0.05, 0) is 38.6 Å². The quantitative estimate of drug-likeness (QED) is 0.716. The summed E-state index contributed by atoms with van der Waals surface area (Å²) in [7, 11) is 4.12. The van der Waals surface area contributed by atoms with Crippen molar-refractivity contribution in [1.29, 1.82) is 0 Å². The average Bonchev–Trinajstić information content (AvgIpc) is 2.34. The topological polar surface area (TPSA) is 51.4 Å². The van der Waals surface area contributed by atoms with Crippen molar-refractivity contribution in [2.45, 2.75) is 32.7 Å². The van der Waals surface area contributed by atoms with Crippen LogP contribution in [0, 0.1) is 0 Å². The molecule has 4 heteroatoms. The van der Waals surface area contributed by atoms with E-state index in [2.05, 4.69) is 37.0 Å². The van der Waals surface area contributed by atoms with Gasteiger partial charge in [-0.2, -0.15) is 0 Å². The van der Waals surface area contributed by atoms with E-state index in [4.69, 9.17) is 10.5 Å². The zero-order valence-electron chi connectivity index (χ0n) is 11.8. The molecule has 18 heavy (non-hydrogen) atoms. The fourth-order valence-corrected chi connectivity index (χ4v) is 1.75. The molecule has 0 aliphatic heterocycles. The molecule has 0 aliphatic rings. The van der Waals surface area contributed by atoms with E-state index in [1.54, 1.807) is 0 Å². The lowest BCUT2D eigenvalue weighted by Gasteiger charge is -2.11. The molecule has 0 atom stereocenters. The summed E-state index contributed by atoms with van der Waals surface area (Å²) in [5.74, 6) is 0.708. The van der Waals surface area contributed by atoms with Crippen LogP contribution in [0.15, 0.2) is 12.1 Å². The van der Waals surface area contributed by atoms with Gasteiger partial charge in [0.2, 0.25) is 5.88 Å². The van der Waals surface area contributed by atoms with Gasteiger partial charge in [0.25, 0.3) is 0 Å². The van der Waals surface area contributed by atoms with Gasteiger partial charge in [-0.15, -0.1) is 0 Å². The molecule has 2 N–H and O–H groups in total. The van der Waals surface area contributed by atoms with Crippen molar-refractivity contribution < 1.29 is 4.74 Å². The summed E-state index contributed by atoms with van der Waals surface area (Å²) in [4.78, 5) is 6.64. The molecule has 0 fully saturated rings. The molecule has 1 aromatic rings. The van der Waals surface area contributed by atoms with E-state index >= 15 is 0 Å². The Bertz CT molecular complexity index is 353. The molecule has 0 radical (unpaired) electrons. The van der Waals surface area contributed by atoms with Gasteiger partial charge in [-0.3, -0.25) is 0 Å². The molecule has 102 valence electrons. The van der Waals surface area contributed by atoms with Crippen LogP contribution in [0.2, 0.25) is 0 Å². The molecule has 0 spiro atoms. The number of rotatable bonds is 8. The Morgan fingerprint density at radius 3 is 2.72 bits per heavy atom. The second-order valence-corrected chi connectivity index (χ2v) is 4.76. The van der Waals surface area contributed by atoms with Gasteiger partial charge >= 0.3 is 0 Å². The average molecular weight is 251 g/mol. The smallest absolute Gasteiger partial charge is 0.213 e.